The Morgan fingerprint density at radius 2 is 1.89 bits per heavy atom. The molecular formula is C28H40F2N2O5. The molecule has 0 fully saturated rings. The van der Waals surface area contributed by atoms with Crippen molar-refractivity contribution in [3.05, 3.63) is 52.6 Å². The number of amides is 2. The highest BCUT2D eigenvalue weighted by Gasteiger charge is 2.28. The number of carbonyl (C=O) groups is 2. The van der Waals surface area contributed by atoms with Crippen molar-refractivity contribution in [2.45, 2.75) is 72.5 Å². The molecule has 2 rings (SSSR count). The Labute approximate surface area is 217 Å². The van der Waals surface area contributed by atoms with E-state index in [2.05, 4.69) is 5.32 Å². The Kier molecular flexibility index (Phi) is 11.3. The third-order valence-corrected chi connectivity index (χ3v) is 7.06. The number of hydrogen-bond acceptors (Lipinski definition) is 5. The number of allylic oxidation sites excluding steroid dienone is 1. The van der Waals surface area contributed by atoms with E-state index in [9.17, 15) is 28.6 Å². The van der Waals surface area contributed by atoms with Crippen LogP contribution in [0.3, 0.4) is 0 Å². The van der Waals surface area contributed by atoms with Gasteiger partial charge in [-0.05, 0) is 68.6 Å². The van der Waals surface area contributed by atoms with Crippen molar-refractivity contribution in [2.24, 2.45) is 29.4 Å². The molecule has 0 saturated carbocycles. The van der Waals surface area contributed by atoms with Crippen LogP contribution in [0.1, 0.15) is 59.4 Å². The van der Waals surface area contributed by atoms with Crippen molar-refractivity contribution in [3.8, 4) is 0 Å². The van der Waals surface area contributed by atoms with E-state index < -0.39 is 41.8 Å². The summed E-state index contributed by atoms with van der Waals surface area (Å²) >= 11 is 0. The monoisotopic (exact) mass is 522 g/mol. The maximum absolute atomic E-state index is 14.6. The number of carbonyl (C=O) groups excluding carboxylic acids is 2. The number of ether oxygens (including phenoxy) is 1. The number of nitrogens with one attached hydrogen (secondary N) is 1. The molecule has 0 saturated heterocycles. The highest BCUT2D eigenvalue weighted by Crippen LogP contribution is 2.29. The fourth-order valence-corrected chi connectivity index (χ4v) is 5.02. The van der Waals surface area contributed by atoms with Gasteiger partial charge in [0.2, 0.25) is 0 Å². The van der Waals surface area contributed by atoms with Gasteiger partial charge in [0.05, 0.1) is 6.10 Å². The Balaban J connectivity index is 2.47. The Hall–Kier alpha value is -2.78. The lowest BCUT2D eigenvalue weighted by Crippen LogP contribution is -2.33. The molecule has 1 aromatic carbocycles. The predicted molar refractivity (Wildman–Crippen MR) is 139 cm³/mol. The van der Waals surface area contributed by atoms with Gasteiger partial charge in [-0.3, -0.25) is 4.79 Å². The van der Waals surface area contributed by atoms with E-state index in [1.807, 2.05) is 19.9 Å². The number of anilines is 1. The molecule has 5 N–H and O–H groups in total. The van der Waals surface area contributed by atoms with Crippen molar-refractivity contribution < 1.29 is 33.3 Å². The molecular weight excluding hydrogens is 482 g/mol. The number of nitrogens with two attached hydrogens (primary N) is 1. The van der Waals surface area contributed by atoms with Gasteiger partial charge in [-0.1, -0.05) is 32.9 Å². The normalized spacial score (nSPS) is 31.4. The number of aliphatic hydroxyl groups is 2. The van der Waals surface area contributed by atoms with Crippen LogP contribution in [0.15, 0.2) is 35.4 Å². The zero-order chi connectivity index (χ0) is 27.9. The van der Waals surface area contributed by atoms with E-state index in [0.717, 1.165) is 6.07 Å². The van der Waals surface area contributed by atoms with Gasteiger partial charge >= 0.3 is 6.09 Å². The van der Waals surface area contributed by atoms with Crippen LogP contribution in [0.2, 0.25) is 0 Å². The highest BCUT2D eigenvalue weighted by molar-refractivity contribution is 6.03. The number of primary amides is 1. The van der Waals surface area contributed by atoms with Gasteiger partial charge < -0.3 is 26.0 Å². The van der Waals surface area contributed by atoms with Crippen molar-refractivity contribution in [3.63, 3.8) is 0 Å². The zero-order valence-electron chi connectivity index (χ0n) is 22.3. The number of aliphatic hydroxyl groups excluding tert-OH is 2. The standard InChI is InChI=1S/C28H40F2N2O5/c1-15-9-20-12-22(13-23(29)24(20)30)32-27(35)17(3)8-6-7-16(2)26(37-28(31)36)19(5)11-18(4)25(34)21(10-15)14-33/h8,11-13,15-16,18,21,25-26,33-34H,6-7,9-10,14H2,1-5H3,(H2,31,36)(H,32,35)/b17-8+,19-11+/t15-,16+,18+,21-,25-,26-/m1/s1. The average Bonchev–Trinajstić information content (AvgIpc) is 2.82. The smallest absolute Gasteiger partial charge is 0.405 e. The van der Waals surface area contributed by atoms with Crippen LogP contribution in [-0.4, -0.2) is 41.0 Å². The molecule has 6 atom stereocenters. The lowest BCUT2D eigenvalue weighted by Gasteiger charge is -2.29. The second-order valence-electron chi connectivity index (χ2n) is 10.4. The van der Waals surface area contributed by atoms with Crippen LogP contribution in [-0.2, 0) is 16.0 Å². The maximum Gasteiger partial charge on any atom is 0.405 e. The number of benzene rings is 1. The van der Waals surface area contributed by atoms with Gasteiger partial charge in [0.15, 0.2) is 11.6 Å². The summed E-state index contributed by atoms with van der Waals surface area (Å²) in [5, 5.41) is 23.6. The Bertz CT molecular complexity index is 1030. The van der Waals surface area contributed by atoms with E-state index in [-0.39, 0.29) is 42.0 Å². The van der Waals surface area contributed by atoms with Crippen LogP contribution in [0.25, 0.3) is 0 Å². The summed E-state index contributed by atoms with van der Waals surface area (Å²) in [5.74, 6) is -3.75. The maximum atomic E-state index is 14.6. The summed E-state index contributed by atoms with van der Waals surface area (Å²) in [5.41, 5.74) is 6.69. The molecule has 0 aliphatic carbocycles. The first-order valence-electron chi connectivity index (χ1n) is 12.7. The molecule has 1 aliphatic rings. The number of rotatable bonds is 2. The number of fused-ring (bicyclic) bond motifs is 2. The SMILES string of the molecule is C/C1=C\CC[C@H](C)[C@@H](OC(N)=O)/C(C)=C/[C@H](C)[C@@H](O)[C@@H](CO)C[C@H](C)Cc2cc(cc(F)c2F)NC1=O. The number of halogens is 2. The molecule has 9 heteroatoms. The molecule has 7 nitrogen and oxygen atoms in total. The van der Waals surface area contributed by atoms with Gasteiger partial charge in [-0.2, -0.15) is 0 Å². The molecule has 37 heavy (non-hydrogen) atoms. The Morgan fingerprint density at radius 1 is 1.22 bits per heavy atom. The van der Waals surface area contributed by atoms with Crippen molar-refractivity contribution >= 4 is 17.7 Å². The highest BCUT2D eigenvalue weighted by atomic mass is 19.2. The van der Waals surface area contributed by atoms with Gasteiger partial charge in [-0.25, -0.2) is 13.6 Å². The minimum Gasteiger partial charge on any atom is -0.442 e. The molecule has 1 aliphatic heterocycles. The minimum atomic E-state index is -1.06. The van der Waals surface area contributed by atoms with Crippen LogP contribution in [0.4, 0.5) is 19.3 Å². The summed E-state index contributed by atoms with van der Waals surface area (Å²) in [6, 6.07) is 2.36. The van der Waals surface area contributed by atoms with Crippen molar-refractivity contribution in [1.82, 2.24) is 0 Å². The van der Waals surface area contributed by atoms with E-state index in [1.54, 1.807) is 26.8 Å². The summed E-state index contributed by atoms with van der Waals surface area (Å²) < 4.78 is 34.3. The summed E-state index contributed by atoms with van der Waals surface area (Å²) in [6.45, 7) is 8.67. The van der Waals surface area contributed by atoms with Gasteiger partial charge in [0, 0.05) is 35.8 Å². The van der Waals surface area contributed by atoms with Crippen LogP contribution >= 0.6 is 0 Å². The second-order valence-corrected chi connectivity index (χ2v) is 10.4. The lowest BCUT2D eigenvalue weighted by molar-refractivity contribution is -0.112. The average molecular weight is 523 g/mol. The molecule has 1 aromatic rings. The van der Waals surface area contributed by atoms with Gasteiger partial charge in [0.1, 0.15) is 6.10 Å². The topological polar surface area (TPSA) is 122 Å². The predicted octanol–water partition coefficient (Wildman–Crippen LogP) is 4.86. The minimum absolute atomic E-state index is 0.109. The quantitative estimate of drug-likeness (QED) is 0.413. The third kappa shape index (κ3) is 8.64. The van der Waals surface area contributed by atoms with Gasteiger partial charge in [-0.15, -0.1) is 0 Å². The van der Waals surface area contributed by atoms with Crippen LogP contribution in [0.5, 0.6) is 0 Å². The fourth-order valence-electron chi connectivity index (χ4n) is 5.02. The van der Waals surface area contributed by atoms with Crippen LogP contribution < -0.4 is 11.1 Å². The molecule has 2 bridgehead atoms. The first-order chi connectivity index (χ1) is 17.3. The molecule has 0 aromatic heterocycles. The molecule has 0 spiro atoms. The summed E-state index contributed by atoms with van der Waals surface area (Å²) in [7, 11) is 0. The molecule has 2 amide bonds. The summed E-state index contributed by atoms with van der Waals surface area (Å²) in [6.07, 6.45) is 2.65. The lowest BCUT2D eigenvalue weighted by atomic mass is 9.82. The first-order valence-corrected chi connectivity index (χ1v) is 12.7. The van der Waals surface area contributed by atoms with Crippen molar-refractivity contribution in [2.75, 3.05) is 11.9 Å². The van der Waals surface area contributed by atoms with E-state index in [1.165, 1.54) is 6.07 Å². The largest absolute Gasteiger partial charge is 0.442 e. The zero-order valence-corrected chi connectivity index (χ0v) is 22.3. The number of hydrogen-bond donors (Lipinski definition) is 4. The molecule has 0 unspecified atom stereocenters. The van der Waals surface area contributed by atoms with E-state index in [4.69, 9.17) is 10.5 Å². The molecule has 206 valence electrons. The Morgan fingerprint density at radius 3 is 2.51 bits per heavy atom. The third-order valence-electron chi connectivity index (χ3n) is 7.06. The second kappa shape index (κ2) is 13.7. The first kappa shape index (κ1) is 30.4. The van der Waals surface area contributed by atoms with E-state index in [0.29, 0.717) is 30.4 Å². The molecule has 1 heterocycles. The van der Waals surface area contributed by atoms with Gasteiger partial charge in [0.25, 0.3) is 5.91 Å². The van der Waals surface area contributed by atoms with E-state index >= 15 is 0 Å². The summed E-state index contributed by atoms with van der Waals surface area (Å²) in [4.78, 5) is 24.3. The molecule has 0 radical (unpaired) electrons. The fraction of sp³-hybridized carbons (Fsp3) is 0.571. The van der Waals surface area contributed by atoms with Crippen LogP contribution in [0, 0.1) is 35.3 Å². The van der Waals surface area contributed by atoms with Crippen molar-refractivity contribution in [1.29, 1.82) is 0 Å².